The van der Waals surface area contributed by atoms with Crippen molar-refractivity contribution in [2.45, 2.75) is 32.4 Å². The summed E-state index contributed by atoms with van der Waals surface area (Å²) in [6, 6.07) is 8.50. The average Bonchev–Trinajstić information content (AvgIpc) is 2.34. The van der Waals surface area contributed by atoms with Gasteiger partial charge in [-0.15, -0.1) is 0 Å². The minimum atomic E-state index is 0.274. The van der Waals surface area contributed by atoms with E-state index in [9.17, 15) is 0 Å². The number of likely N-dealkylation sites (N-methyl/N-ethyl adjacent to an activating group) is 1. The summed E-state index contributed by atoms with van der Waals surface area (Å²) in [5.74, 6) is 0.905. The predicted molar refractivity (Wildman–Crippen MR) is 70.6 cm³/mol. The molecule has 1 atom stereocenters. The number of hydrogen-bond acceptors (Lipinski definition) is 3. The van der Waals surface area contributed by atoms with E-state index < -0.39 is 0 Å². The Hall–Kier alpha value is -1.06. The lowest BCUT2D eigenvalue weighted by Crippen LogP contribution is -2.33. The Morgan fingerprint density at radius 3 is 2.65 bits per heavy atom. The summed E-state index contributed by atoms with van der Waals surface area (Å²) in [5, 5.41) is 3.28. The lowest BCUT2D eigenvalue weighted by molar-refractivity contribution is 0.0627. The van der Waals surface area contributed by atoms with Gasteiger partial charge in [0, 0.05) is 6.04 Å². The van der Waals surface area contributed by atoms with Crippen molar-refractivity contribution in [3.8, 4) is 5.75 Å². The second kappa shape index (κ2) is 7.30. The average molecular weight is 237 g/mol. The molecule has 0 spiro atoms. The van der Waals surface area contributed by atoms with E-state index in [0.29, 0.717) is 6.04 Å². The smallest absolute Gasteiger partial charge is 0.119 e. The molecule has 0 saturated carbocycles. The van der Waals surface area contributed by atoms with Crippen LogP contribution in [0.1, 0.15) is 19.4 Å². The lowest BCUT2D eigenvalue weighted by Gasteiger charge is -2.18. The van der Waals surface area contributed by atoms with Crippen LogP contribution in [0.2, 0.25) is 0 Å². The topological polar surface area (TPSA) is 30.5 Å². The van der Waals surface area contributed by atoms with Crippen molar-refractivity contribution in [3.63, 3.8) is 0 Å². The molecular formula is C14H23NO2. The third-order valence-corrected chi connectivity index (χ3v) is 2.66. The zero-order chi connectivity index (χ0) is 12.7. The molecule has 0 heterocycles. The molecular weight excluding hydrogens is 214 g/mol. The molecule has 0 aliphatic carbocycles. The fourth-order valence-corrected chi connectivity index (χ4v) is 1.64. The van der Waals surface area contributed by atoms with E-state index in [1.807, 2.05) is 19.2 Å². The van der Waals surface area contributed by atoms with Crippen LogP contribution in [0.25, 0.3) is 0 Å². The van der Waals surface area contributed by atoms with Crippen molar-refractivity contribution >= 4 is 0 Å². The Balaban J connectivity index is 2.54. The van der Waals surface area contributed by atoms with E-state index >= 15 is 0 Å². The Bertz CT molecular complexity index is 326. The lowest BCUT2D eigenvalue weighted by atomic mass is 10.1. The molecule has 1 rings (SSSR count). The van der Waals surface area contributed by atoms with Crippen LogP contribution in [0, 0.1) is 0 Å². The highest BCUT2D eigenvalue weighted by Crippen LogP contribution is 2.14. The molecule has 0 aliphatic rings. The number of benzene rings is 1. The summed E-state index contributed by atoms with van der Waals surface area (Å²) < 4.78 is 10.8. The van der Waals surface area contributed by atoms with Crippen molar-refractivity contribution in [1.29, 1.82) is 0 Å². The SMILES string of the molecule is CNC(COC(C)C)Cc1cccc(OC)c1. The van der Waals surface area contributed by atoms with Gasteiger partial charge < -0.3 is 14.8 Å². The summed E-state index contributed by atoms with van der Waals surface area (Å²) in [7, 11) is 3.66. The van der Waals surface area contributed by atoms with Crippen LogP contribution >= 0.6 is 0 Å². The van der Waals surface area contributed by atoms with Crippen LogP contribution in [0.5, 0.6) is 5.75 Å². The van der Waals surface area contributed by atoms with Crippen LogP contribution in [0.3, 0.4) is 0 Å². The van der Waals surface area contributed by atoms with Gasteiger partial charge in [0.15, 0.2) is 0 Å². The van der Waals surface area contributed by atoms with E-state index in [-0.39, 0.29) is 6.10 Å². The Labute approximate surface area is 104 Å². The zero-order valence-electron chi connectivity index (χ0n) is 11.2. The Morgan fingerprint density at radius 2 is 2.06 bits per heavy atom. The molecule has 1 N–H and O–H groups in total. The van der Waals surface area contributed by atoms with Gasteiger partial charge in [0.2, 0.25) is 0 Å². The van der Waals surface area contributed by atoms with Gasteiger partial charge in [-0.3, -0.25) is 0 Å². The van der Waals surface area contributed by atoms with Crippen molar-refractivity contribution in [3.05, 3.63) is 29.8 Å². The Kier molecular flexibility index (Phi) is 6.01. The molecule has 1 aromatic rings. The highest BCUT2D eigenvalue weighted by Gasteiger charge is 2.09. The molecule has 0 fully saturated rings. The van der Waals surface area contributed by atoms with E-state index in [1.54, 1.807) is 7.11 Å². The maximum Gasteiger partial charge on any atom is 0.119 e. The quantitative estimate of drug-likeness (QED) is 0.789. The molecule has 3 nitrogen and oxygen atoms in total. The third kappa shape index (κ3) is 5.20. The van der Waals surface area contributed by atoms with Gasteiger partial charge in [0.05, 0.1) is 19.8 Å². The molecule has 1 unspecified atom stereocenters. The predicted octanol–water partition coefficient (Wildman–Crippen LogP) is 2.25. The molecule has 1 aromatic carbocycles. The van der Waals surface area contributed by atoms with Gasteiger partial charge >= 0.3 is 0 Å². The standard InChI is InChI=1S/C14H23NO2/c1-11(2)17-10-13(15-3)8-12-6-5-7-14(9-12)16-4/h5-7,9,11,13,15H,8,10H2,1-4H3. The van der Waals surface area contributed by atoms with E-state index in [0.717, 1.165) is 18.8 Å². The first-order chi connectivity index (χ1) is 8.15. The summed E-state index contributed by atoms with van der Waals surface area (Å²) in [6.07, 6.45) is 1.22. The molecule has 0 aliphatic heterocycles. The third-order valence-electron chi connectivity index (χ3n) is 2.66. The van der Waals surface area contributed by atoms with Crippen molar-refractivity contribution in [2.75, 3.05) is 20.8 Å². The highest BCUT2D eigenvalue weighted by molar-refractivity contribution is 5.28. The van der Waals surface area contributed by atoms with Crippen molar-refractivity contribution in [1.82, 2.24) is 5.32 Å². The Morgan fingerprint density at radius 1 is 1.29 bits per heavy atom. The molecule has 0 amide bonds. The number of nitrogens with one attached hydrogen (secondary N) is 1. The van der Waals surface area contributed by atoms with Crippen LogP contribution in [0.15, 0.2) is 24.3 Å². The number of rotatable bonds is 7. The summed E-state index contributed by atoms with van der Waals surface area (Å²) >= 11 is 0. The minimum Gasteiger partial charge on any atom is -0.497 e. The fourth-order valence-electron chi connectivity index (χ4n) is 1.64. The maximum atomic E-state index is 5.63. The van der Waals surface area contributed by atoms with Gasteiger partial charge in [-0.05, 0) is 45.0 Å². The van der Waals surface area contributed by atoms with Crippen molar-refractivity contribution in [2.24, 2.45) is 0 Å². The van der Waals surface area contributed by atoms with Gasteiger partial charge in [-0.25, -0.2) is 0 Å². The first-order valence-electron chi connectivity index (χ1n) is 6.07. The number of ether oxygens (including phenoxy) is 2. The minimum absolute atomic E-state index is 0.274. The van der Waals surface area contributed by atoms with Crippen LogP contribution in [-0.2, 0) is 11.2 Å². The molecule has 96 valence electrons. The zero-order valence-corrected chi connectivity index (χ0v) is 11.2. The summed E-state index contributed by atoms with van der Waals surface area (Å²) in [6.45, 7) is 4.84. The highest BCUT2D eigenvalue weighted by atomic mass is 16.5. The first-order valence-corrected chi connectivity index (χ1v) is 6.07. The molecule has 3 heteroatoms. The fraction of sp³-hybridized carbons (Fsp3) is 0.571. The molecule has 0 saturated heterocycles. The van der Waals surface area contributed by atoms with E-state index in [2.05, 4.69) is 31.3 Å². The second-order valence-electron chi connectivity index (χ2n) is 4.42. The molecule has 0 bridgehead atoms. The van der Waals surface area contributed by atoms with Crippen LogP contribution in [0.4, 0.5) is 0 Å². The molecule has 17 heavy (non-hydrogen) atoms. The molecule has 0 radical (unpaired) electrons. The van der Waals surface area contributed by atoms with Gasteiger partial charge in [-0.1, -0.05) is 12.1 Å². The van der Waals surface area contributed by atoms with Crippen LogP contribution < -0.4 is 10.1 Å². The summed E-state index contributed by atoms with van der Waals surface area (Å²) in [5.41, 5.74) is 1.26. The normalized spacial score (nSPS) is 12.8. The monoisotopic (exact) mass is 237 g/mol. The van der Waals surface area contributed by atoms with Crippen molar-refractivity contribution < 1.29 is 9.47 Å². The molecule has 0 aromatic heterocycles. The first kappa shape index (κ1) is 14.0. The largest absolute Gasteiger partial charge is 0.497 e. The second-order valence-corrected chi connectivity index (χ2v) is 4.42. The summed E-state index contributed by atoms with van der Waals surface area (Å²) in [4.78, 5) is 0. The van der Waals surface area contributed by atoms with Crippen LogP contribution in [-0.4, -0.2) is 32.9 Å². The number of methoxy groups -OCH3 is 1. The maximum absolute atomic E-state index is 5.63. The van der Waals surface area contributed by atoms with Gasteiger partial charge in [0.1, 0.15) is 5.75 Å². The van der Waals surface area contributed by atoms with E-state index in [1.165, 1.54) is 5.56 Å². The van der Waals surface area contributed by atoms with Gasteiger partial charge in [0.25, 0.3) is 0 Å². The van der Waals surface area contributed by atoms with Gasteiger partial charge in [-0.2, -0.15) is 0 Å². The number of hydrogen-bond donors (Lipinski definition) is 1. The van der Waals surface area contributed by atoms with E-state index in [4.69, 9.17) is 9.47 Å².